The van der Waals surface area contributed by atoms with E-state index in [4.69, 9.17) is 4.52 Å². The number of amides is 1. The maximum absolute atomic E-state index is 12.2. The number of hydrogen-bond donors (Lipinski definition) is 0. The number of aromatic nitrogens is 3. The van der Waals surface area contributed by atoms with Gasteiger partial charge in [-0.25, -0.2) is 4.98 Å². The molecule has 1 aliphatic heterocycles. The number of rotatable bonds is 7. The SMILES string of the molecule is CC(=O)N(CCc1noc(C2CCC2)n1)C1CCN(Cc2scnc2C)C1. The fourth-order valence-electron chi connectivity index (χ4n) is 3.90. The summed E-state index contributed by atoms with van der Waals surface area (Å²) in [6.07, 6.45) is 5.22. The minimum Gasteiger partial charge on any atom is -0.339 e. The molecule has 2 fully saturated rings. The van der Waals surface area contributed by atoms with E-state index in [1.165, 1.54) is 11.3 Å². The van der Waals surface area contributed by atoms with Crippen molar-refractivity contribution in [3.05, 3.63) is 27.8 Å². The van der Waals surface area contributed by atoms with Crippen LogP contribution >= 0.6 is 11.3 Å². The van der Waals surface area contributed by atoms with Crippen molar-refractivity contribution in [2.75, 3.05) is 19.6 Å². The van der Waals surface area contributed by atoms with E-state index in [9.17, 15) is 4.79 Å². The average Bonchev–Trinajstić information content (AvgIpc) is 3.30. The molecule has 2 aromatic rings. The van der Waals surface area contributed by atoms with Crippen molar-refractivity contribution in [1.82, 2.24) is 24.9 Å². The summed E-state index contributed by atoms with van der Waals surface area (Å²) in [7, 11) is 0. The van der Waals surface area contributed by atoms with E-state index in [0.717, 1.165) is 56.3 Å². The van der Waals surface area contributed by atoms with Crippen LogP contribution in [0.4, 0.5) is 0 Å². The standard InChI is InChI=1S/C19H27N5O2S/c1-13-17(27-12-20-13)11-23-8-6-16(10-23)24(14(2)25)9-7-18-21-19(26-22-18)15-4-3-5-15/h12,15-16H,3-11H2,1-2H3. The first-order chi connectivity index (χ1) is 13.1. The van der Waals surface area contributed by atoms with Crippen LogP contribution in [0.5, 0.6) is 0 Å². The Bertz CT molecular complexity index is 785. The molecule has 1 atom stereocenters. The van der Waals surface area contributed by atoms with Crippen molar-refractivity contribution in [2.45, 2.75) is 64.5 Å². The molecule has 2 aliphatic rings. The van der Waals surface area contributed by atoms with Crippen LogP contribution in [0.3, 0.4) is 0 Å². The molecule has 1 unspecified atom stereocenters. The van der Waals surface area contributed by atoms with Gasteiger partial charge >= 0.3 is 0 Å². The summed E-state index contributed by atoms with van der Waals surface area (Å²) in [5.41, 5.74) is 3.02. The zero-order valence-electron chi connectivity index (χ0n) is 16.1. The Morgan fingerprint density at radius 2 is 2.26 bits per heavy atom. The molecule has 7 nitrogen and oxygen atoms in total. The van der Waals surface area contributed by atoms with E-state index >= 15 is 0 Å². The lowest BCUT2D eigenvalue weighted by Gasteiger charge is -2.27. The lowest BCUT2D eigenvalue weighted by molar-refractivity contribution is -0.130. The van der Waals surface area contributed by atoms with Gasteiger partial charge in [-0.1, -0.05) is 11.6 Å². The van der Waals surface area contributed by atoms with Gasteiger partial charge in [-0.3, -0.25) is 9.69 Å². The molecular formula is C19H27N5O2S. The van der Waals surface area contributed by atoms with Crippen LogP contribution in [-0.2, 0) is 17.8 Å². The Labute approximate surface area is 163 Å². The number of likely N-dealkylation sites (tertiary alicyclic amines) is 1. The maximum Gasteiger partial charge on any atom is 0.229 e. The van der Waals surface area contributed by atoms with Crippen LogP contribution in [-0.4, -0.2) is 56.5 Å². The zero-order valence-corrected chi connectivity index (χ0v) is 16.9. The molecule has 2 aromatic heterocycles. The molecule has 1 saturated carbocycles. The van der Waals surface area contributed by atoms with Gasteiger partial charge in [0, 0.05) is 56.4 Å². The van der Waals surface area contributed by atoms with Crippen LogP contribution in [0.1, 0.15) is 60.8 Å². The van der Waals surface area contributed by atoms with Crippen LogP contribution in [0, 0.1) is 6.92 Å². The predicted octanol–water partition coefficient (Wildman–Crippen LogP) is 2.77. The van der Waals surface area contributed by atoms with Crippen molar-refractivity contribution in [1.29, 1.82) is 0 Å². The number of hydrogen-bond acceptors (Lipinski definition) is 7. The predicted molar refractivity (Wildman–Crippen MR) is 103 cm³/mol. The molecule has 1 aliphatic carbocycles. The highest BCUT2D eigenvalue weighted by atomic mass is 32.1. The van der Waals surface area contributed by atoms with Gasteiger partial charge in [-0.05, 0) is 26.2 Å². The summed E-state index contributed by atoms with van der Waals surface area (Å²) in [5.74, 6) is 2.07. The molecule has 3 heterocycles. The number of nitrogens with zero attached hydrogens (tertiary/aromatic N) is 5. The minimum absolute atomic E-state index is 0.124. The van der Waals surface area contributed by atoms with E-state index in [1.807, 2.05) is 10.4 Å². The first-order valence-corrected chi connectivity index (χ1v) is 10.7. The van der Waals surface area contributed by atoms with Crippen LogP contribution in [0.15, 0.2) is 10.0 Å². The van der Waals surface area contributed by atoms with E-state index in [0.29, 0.717) is 18.9 Å². The Balaban J connectivity index is 1.32. The summed E-state index contributed by atoms with van der Waals surface area (Å²) in [6, 6.07) is 0.258. The van der Waals surface area contributed by atoms with Gasteiger partial charge in [0.05, 0.1) is 11.2 Å². The number of carbonyl (C=O) groups excluding carboxylic acids is 1. The third-order valence-electron chi connectivity index (χ3n) is 5.82. The first kappa shape index (κ1) is 18.6. The first-order valence-electron chi connectivity index (χ1n) is 9.81. The molecule has 8 heteroatoms. The number of carbonyl (C=O) groups is 1. The van der Waals surface area contributed by atoms with Crippen molar-refractivity contribution >= 4 is 17.2 Å². The molecule has 0 spiro atoms. The molecule has 146 valence electrons. The Morgan fingerprint density at radius 1 is 1.41 bits per heavy atom. The van der Waals surface area contributed by atoms with Gasteiger partial charge in [-0.15, -0.1) is 11.3 Å². The highest BCUT2D eigenvalue weighted by molar-refractivity contribution is 7.09. The molecule has 1 saturated heterocycles. The largest absolute Gasteiger partial charge is 0.339 e. The second-order valence-corrected chi connectivity index (χ2v) is 8.62. The Hall–Kier alpha value is -1.80. The highest BCUT2D eigenvalue weighted by Gasteiger charge is 2.30. The molecule has 0 aromatic carbocycles. The fourth-order valence-corrected chi connectivity index (χ4v) is 4.72. The van der Waals surface area contributed by atoms with Gasteiger partial charge in [0.25, 0.3) is 0 Å². The van der Waals surface area contributed by atoms with Gasteiger partial charge in [-0.2, -0.15) is 4.98 Å². The lowest BCUT2D eigenvalue weighted by atomic mass is 9.85. The van der Waals surface area contributed by atoms with Gasteiger partial charge in [0.2, 0.25) is 11.8 Å². The van der Waals surface area contributed by atoms with Crippen LogP contribution in [0.2, 0.25) is 0 Å². The highest BCUT2D eigenvalue weighted by Crippen LogP contribution is 2.35. The third-order valence-corrected chi connectivity index (χ3v) is 6.74. The summed E-state index contributed by atoms with van der Waals surface area (Å²) in [5, 5.41) is 4.11. The smallest absolute Gasteiger partial charge is 0.229 e. The van der Waals surface area contributed by atoms with E-state index in [-0.39, 0.29) is 11.9 Å². The molecular weight excluding hydrogens is 362 g/mol. The van der Waals surface area contributed by atoms with Gasteiger partial charge in [0.15, 0.2) is 5.82 Å². The van der Waals surface area contributed by atoms with Crippen molar-refractivity contribution in [3.63, 3.8) is 0 Å². The second kappa shape index (κ2) is 8.06. The van der Waals surface area contributed by atoms with Gasteiger partial charge in [0.1, 0.15) is 0 Å². The average molecular weight is 390 g/mol. The summed E-state index contributed by atoms with van der Waals surface area (Å²) >= 11 is 1.71. The molecule has 4 rings (SSSR count). The molecule has 27 heavy (non-hydrogen) atoms. The summed E-state index contributed by atoms with van der Waals surface area (Å²) in [4.78, 5) is 26.8. The minimum atomic E-state index is 0.124. The van der Waals surface area contributed by atoms with Crippen molar-refractivity contribution in [3.8, 4) is 0 Å². The number of thiazole rings is 1. The van der Waals surface area contributed by atoms with Crippen molar-refractivity contribution < 1.29 is 9.32 Å². The van der Waals surface area contributed by atoms with Crippen molar-refractivity contribution in [2.24, 2.45) is 0 Å². The molecule has 0 N–H and O–H groups in total. The molecule has 0 bridgehead atoms. The quantitative estimate of drug-likeness (QED) is 0.725. The molecule has 0 radical (unpaired) electrons. The van der Waals surface area contributed by atoms with E-state index in [2.05, 4.69) is 26.9 Å². The van der Waals surface area contributed by atoms with Crippen LogP contribution < -0.4 is 0 Å². The Kier molecular flexibility index (Phi) is 5.54. The summed E-state index contributed by atoms with van der Waals surface area (Å²) < 4.78 is 5.40. The lowest BCUT2D eigenvalue weighted by Crippen LogP contribution is -2.42. The Morgan fingerprint density at radius 3 is 2.93 bits per heavy atom. The zero-order chi connectivity index (χ0) is 18.8. The van der Waals surface area contributed by atoms with E-state index in [1.54, 1.807) is 18.3 Å². The number of aryl methyl sites for hydroxylation is 1. The topological polar surface area (TPSA) is 75.4 Å². The fraction of sp³-hybridized carbons (Fsp3) is 0.684. The van der Waals surface area contributed by atoms with Crippen LogP contribution in [0.25, 0.3) is 0 Å². The normalized spacial score (nSPS) is 20.7. The van der Waals surface area contributed by atoms with Gasteiger partial charge < -0.3 is 9.42 Å². The monoisotopic (exact) mass is 389 g/mol. The summed E-state index contributed by atoms with van der Waals surface area (Å²) in [6.45, 7) is 7.22. The molecule has 1 amide bonds. The van der Waals surface area contributed by atoms with E-state index < -0.39 is 0 Å². The third kappa shape index (κ3) is 4.21. The second-order valence-electron chi connectivity index (χ2n) is 7.68. The maximum atomic E-state index is 12.2.